The van der Waals surface area contributed by atoms with E-state index in [0.29, 0.717) is 21.7 Å². The Kier molecular flexibility index (Phi) is 7.72. The standard InChI is InChI=1S/C22H23N3O6S/c1-3-31-22(29)17-15-6-4-5-7-16(15)32-20(17)24-18(26)19(27)25-23-12-13-8-10-14(11-9-13)21(28)30-2/h8-12H,3-7H2,1-2H3,(H,24,26)(H,25,27)/b23-12-. The fraction of sp³-hybridized carbons (Fsp3) is 0.318. The average Bonchev–Trinajstić information content (AvgIpc) is 3.16. The number of hydrazone groups is 1. The predicted molar refractivity (Wildman–Crippen MR) is 119 cm³/mol. The molecule has 9 nitrogen and oxygen atoms in total. The lowest BCUT2D eigenvalue weighted by Gasteiger charge is -2.12. The fourth-order valence-corrected chi connectivity index (χ4v) is 4.54. The van der Waals surface area contributed by atoms with Crippen LogP contribution in [0.4, 0.5) is 5.00 Å². The molecule has 0 saturated carbocycles. The molecule has 0 saturated heterocycles. The first kappa shape index (κ1) is 23.1. The Labute approximate surface area is 188 Å². The van der Waals surface area contributed by atoms with Gasteiger partial charge in [0.15, 0.2) is 0 Å². The number of carbonyl (C=O) groups is 4. The minimum absolute atomic E-state index is 0.215. The molecule has 0 spiro atoms. The van der Waals surface area contributed by atoms with E-state index in [1.54, 1.807) is 31.2 Å². The molecule has 1 aromatic carbocycles. The monoisotopic (exact) mass is 457 g/mol. The van der Waals surface area contributed by atoms with Crippen LogP contribution in [0.15, 0.2) is 29.4 Å². The number of fused-ring (bicyclic) bond motifs is 1. The van der Waals surface area contributed by atoms with Crippen molar-refractivity contribution in [1.29, 1.82) is 0 Å². The van der Waals surface area contributed by atoms with Gasteiger partial charge in [-0.15, -0.1) is 11.3 Å². The highest BCUT2D eigenvalue weighted by Crippen LogP contribution is 2.38. The minimum atomic E-state index is -0.978. The first-order chi connectivity index (χ1) is 15.4. The lowest BCUT2D eigenvalue weighted by atomic mass is 9.95. The van der Waals surface area contributed by atoms with Crippen LogP contribution in [0.5, 0.6) is 0 Å². The summed E-state index contributed by atoms with van der Waals surface area (Å²) in [6.07, 6.45) is 4.87. The van der Waals surface area contributed by atoms with Crippen LogP contribution in [0.2, 0.25) is 0 Å². The van der Waals surface area contributed by atoms with Gasteiger partial charge in [0.05, 0.1) is 31.1 Å². The van der Waals surface area contributed by atoms with Crippen LogP contribution >= 0.6 is 11.3 Å². The number of esters is 2. The van der Waals surface area contributed by atoms with E-state index in [9.17, 15) is 19.2 Å². The van der Waals surface area contributed by atoms with E-state index in [1.807, 2.05) is 0 Å². The number of hydrogen-bond acceptors (Lipinski definition) is 8. The number of thiophene rings is 1. The fourth-order valence-electron chi connectivity index (χ4n) is 3.27. The van der Waals surface area contributed by atoms with Crippen LogP contribution in [0, 0.1) is 0 Å². The number of methoxy groups -OCH3 is 1. The van der Waals surface area contributed by atoms with E-state index >= 15 is 0 Å². The second kappa shape index (κ2) is 10.7. The van der Waals surface area contributed by atoms with Crippen LogP contribution in [0.25, 0.3) is 0 Å². The van der Waals surface area contributed by atoms with Crippen molar-refractivity contribution in [2.45, 2.75) is 32.6 Å². The number of aryl methyl sites for hydroxylation is 1. The molecule has 0 aliphatic heterocycles. The SMILES string of the molecule is CCOC(=O)c1c(NC(=O)C(=O)N/N=C\c2ccc(C(=O)OC)cc2)sc2c1CCCC2. The largest absolute Gasteiger partial charge is 0.465 e. The highest BCUT2D eigenvalue weighted by molar-refractivity contribution is 7.17. The molecule has 1 aliphatic carbocycles. The number of anilines is 1. The van der Waals surface area contributed by atoms with Crippen LogP contribution in [-0.2, 0) is 31.9 Å². The summed E-state index contributed by atoms with van der Waals surface area (Å²) in [5.74, 6) is -2.88. The second-order valence-corrected chi connectivity index (χ2v) is 8.01. The van der Waals surface area contributed by atoms with Crippen molar-refractivity contribution in [2.75, 3.05) is 19.0 Å². The zero-order chi connectivity index (χ0) is 23.1. The summed E-state index contributed by atoms with van der Waals surface area (Å²) in [5.41, 5.74) is 4.36. The topological polar surface area (TPSA) is 123 Å². The summed E-state index contributed by atoms with van der Waals surface area (Å²) in [5, 5.41) is 6.60. The smallest absolute Gasteiger partial charge is 0.341 e. The molecule has 3 rings (SSSR count). The number of nitrogens with one attached hydrogen (secondary N) is 2. The van der Waals surface area contributed by atoms with E-state index in [2.05, 4.69) is 20.6 Å². The number of rotatable bonds is 6. The lowest BCUT2D eigenvalue weighted by Crippen LogP contribution is -2.32. The molecule has 0 unspecified atom stereocenters. The molecule has 2 amide bonds. The van der Waals surface area contributed by atoms with Gasteiger partial charge in [0.1, 0.15) is 5.00 Å². The van der Waals surface area contributed by atoms with E-state index in [1.165, 1.54) is 24.7 Å². The maximum absolute atomic E-state index is 12.4. The molecule has 1 heterocycles. The highest BCUT2D eigenvalue weighted by Gasteiger charge is 2.28. The van der Waals surface area contributed by atoms with Crippen molar-refractivity contribution in [3.8, 4) is 0 Å². The van der Waals surface area contributed by atoms with Gasteiger partial charge in [0.25, 0.3) is 0 Å². The first-order valence-corrected chi connectivity index (χ1v) is 10.9. The minimum Gasteiger partial charge on any atom is -0.465 e. The number of hydrogen-bond donors (Lipinski definition) is 2. The Bertz CT molecular complexity index is 1060. The maximum Gasteiger partial charge on any atom is 0.341 e. The van der Waals surface area contributed by atoms with Gasteiger partial charge in [0.2, 0.25) is 0 Å². The summed E-state index contributed by atoms with van der Waals surface area (Å²) in [7, 11) is 1.29. The van der Waals surface area contributed by atoms with Gasteiger partial charge in [0, 0.05) is 4.88 Å². The molecule has 32 heavy (non-hydrogen) atoms. The average molecular weight is 458 g/mol. The van der Waals surface area contributed by atoms with Crippen LogP contribution in [0.3, 0.4) is 0 Å². The van der Waals surface area contributed by atoms with E-state index in [4.69, 9.17) is 4.74 Å². The summed E-state index contributed by atoms with van der Waals surface area (Å²) in [4.78, 5) is 49.4. The quantitative estimate of drug-likeness (QED) is 0.298. The molecule has 0 bridgehead atoms. The Morgan fingerprint density at radius 2 is 1.78 bits per heavy atom. The van der Waals surface area contributed by atoms with Gasteiger partial charge in [-0.25, -0.2) is 15.0 Å². The van der Waals surface area contributed by atoms with Gasteiger partial charge < -0.3 is 14.8 Å². The van der Waals surface area contributed by atoms with Gasteiger partial charge in [-0.2, -0.15) is 5.10 Å². The Balaban J connectivity index is 1.65. The molecule has 2 N–H and O–H groups in total. The first-order valence-electron chi connectivity index (χ1n) is 10.1. The summed E-state index contributed by atoms with van der Waals surface area (Å²) in [6.45, 7) is 1.93. The molecule has 168 valence electrons. The van der Waals surface area contributed by atoms with E-state index in [0.717, 1.165) is 36.1 Å². The van der Waals surface area contributed by atoms with Crippen molar-refractivity contribution >= 4 is 46.3 Å². The molecule has 1 aliphatic rings. The summed E-state index contributed by atoms with van der Waals surface area (Å²) >= 11 is 1.30. The summed E-state index contributed by atoms with van der Waals surface area (Å²) < 4.78 is 9.77. The maximum atomic E-state index is 12.4. The molecular formula is C22H23N3O6S. The van der Waals surface area contributed by atoms with Gasteiger partial charge in [-0.05, 0) is 55.9 Å². The van der Waals surface area contributed by atoms with Gasteiger partial charge in [-0.3, -0.25) is 9.59 Å². The highest BCUT2D eigenvalue weighted by atomic mass is 32.1. The molecule has 0 fully saturated rings. The zero-order valence-electron chi connectivity index (χ0n) is 17.7. The van der Waals surface area contributed by atoms with Crippen LogP contribution in [-0.4, -0.2) is 43.7 Å². The normalized spacial score (nSPS) is 12.7. The van der Waals surface area contributed by atoms with Gasteiger partial charge >= 0.3 is 23.8 Å². The third-order valence-electron chi connectivity index (χ3n) is 4.80. The number of amides is 2. The van der Waals surface area contributed by atoms with Crippen molar-refractivity contribution in [1.82, 2.24) is 5.43 Å². The van der Waals surface area contributed by atoms with E-state index in [-0.39, 0.29) is 6.61 Å². The van der Waals surface area contributed by atoms with Gasteiger partial charge in [-0.1, -0.05) is 12.1 Å². The third-order valence-corrected chi connectivity index (χ3v) is 6.00. The molecule has 2 aromatic rings. The van der Waals surface area contributed by atoms with Crippen molar-refractivity contribution < 1.29 is 28.7 Å². The van der Waals surface area contributed by atoms with Crippen LogP contribution < -0.4 is 10.7 Å². The van der Waals surface area contributed by atoms with Crippen molar-refractivity contribution in [3.05, 3.63) is 51.4 Å². The third kappa shape index (κ3) is 5.38. The molecular weight excluding hydrogens is 434 g/mol. The molecule has 10 heteroatoms. The van der Waals surface area contributed by atoms with Crippen LogP contribution in [0.1, 0.15) is 56.5 Å². The van der Waals surface area contributed by atoms with Crippen molar-refractivity contribution in [3.63, 3.8) is 0 Å². The lowest BCUT2D eigenvalue weighted by molar-refractivity contribution is -0.136. The van der Waals surface area contributed by atoms with E-state index < -0.39 is 23.8 Å². The zero-order valence-corrected chi connectivity index (χ0v) is 18.5. The number of carbonyl (C=O) groups excluding carboxylic acids is 4. The van der Waals surface area contributed by atoms with Crippen molar-refractivity contribution in [2.24, 2.45) is 5.10 Å². The second-order valence-electron chi connectivity index (χ2n) is 6.90. The molecule has 1 aromatic heterocycles. The number of nitrogens with zero attached hydrogens (tertiary/aromatic N) is 1. The summed E-state index contributed by atoms with van der Waals surface area (Å²) in [6, 6.07) is 6.34. The Hall–Kier alpha value is -3.53. The Morgan fingerprint density at radius 3 is 2.47 bits per heavy atom. The number of ether oxygens (including phenoxy) is 2. The predicted octanol–water partition coefficient (Wildman–Crippen LogP) is 2.68. The Morgan fingerprint density at radius 1 is 1.06 bits per heavy atom. The number of benzene rings is 1. The molecule has 0 atom stereocenters. The molecule has 0 radical (unpaired) electrons.